The minimum absolute atomic E-state index is 0.220. The van der Waals surface area contributed by atoms with Gasteiger partial charge in [0.2, 0.25) is 0 Å². The zero-order chi connectivity index (χ0) is 11.5. The molecule has 1 saturated carbocycles. The van der Waals surface area contributed by atoms with E-state index in [1.807, 2.05) is 0 Å². The average Bonchev–Trinajstić information content (AvgIpc) is 2.20. The summed E-state index contributed by atoms with van der Waals surface area (Å²) >= 11 is 0. The minimum Gasteiger partial charge on any atom is -0.490 e. The van der Waals surface area contributed by atoms with Crippen LogP contribution in [0.4, 0.5) is 10.1 Å². The minimum atomic E-state index is -0.334. The van der Waals surface area contributed by atoms with E-state index in [9.17, 15) is 4.39 Å². The topological polar surface area (TPSA) is 35.2 Å². The summed E-state index contributed by atoms with van der Waals surface area (Å²) in [6.45, 7) is 2.26. The maximum Gasteiger partial charge on any atom is 0.128 e. The number of hydrogen-bond acceptors (Lipinski definition) is 2. The number of benzene rings is 1. The van der Waals surface area contributed by atoms with Crippen molar-refractivity contribution in [2.24, 2.45) is 5.92 Å². The largest absolute Gasteiger partial charge is 0.490 e. The molecule has 0 radical (unpaired) electrons. The first-order chi connectivity index (χ1) is 7.63. The van der Waals surface area contributed by atoms with Crippen molar-refractivity contribution < 1.29 is 9.13 Å². The lowest BCUT2D eigenvalue weighted by Gasteiger charge is -2.26. The predicted octanol–water partition coefficient (Wildman–Crippen LogP) is 3.37. The van der Waals surface area contributed by atoms with Crippen molar-refractivity contribution in [3.05, 3.63) is 24.0 Å². The van der Waals surface area contributed by atoms with Crippen LogP contribution in [0.15, 0.2) is 18.2 Å². The number of nitrogen functional groups attached to an aromatic ring is 1. The summed E-state index contributed by atoms with van der Waals surface area (Å²) < 4.78 is 18.8. The molecule has 0 aromatic heterocycles. The molecule has 0 unspecified atom stereocenters. The Labute approximate surface area is 95.6 Å². The fourth-order valence-corrected chi connectivity index (χ4v) is 2.19. The molecule has 16 heavy (non-hydrogen) atoms. The van der Waals surface area contributed by atoms with Crippen LogP contribution in [0.1, 0.15) is 32.6 Å². The zero-order valence-electron chi connectivity index (χ0n) is 9.58. The van der Waals surface area contributed by atoms with Crippen molar-refractivity contribution >= 4 is 5.69 Å². The molecule has 0 saturated heterocycles. The van der Waals surface area contributed by atoms with Gasteiger partial charge in [0.1, 0.15) is 11.6 Å². The van der Waals surface area contributed by atoms with Gasteiger partial charge in [-0.15, -0.1) is 0 Å². The second-order valence-electron chi connectivity index (χ2n) is 4.72. The van der Waals surface area contributed by atoms with Crippen LogP contribution < -0.4 is 10.5 Å². The van der Waals surface area contributed by atoms with Gasteiger partial charge in [-0.2, -0.15) is 0 Å². The number of anilines is 1. The van der Waals surface area contributed by atoms with E-state index in [4.69, 9.17) is 10.5 Å². The molecule has 2 N–H and O–H groups in total. The number of halogens is 1. The summed E-state index contributed by atoms with van der Waals surface area (Å²) in [4.78, 5) is 0. The summed E-state index contributed by atoms with van der Waals surface area (Å²) in [6.07, 6.45) is 4.71. The highest BCUT2D eigenvalue weighted by molar-refractivity contribution is 5.44. The number of ether oxygens (including phenoxy) is 1. The number of nitrogens with two attached hydrogens (primary N) is 1. The number of rotatable bonds is 2. The average molecular weight is 223 g/mol. The van der Waals surface area contributed by atoms with Crippen LogP contribution in [0, 0.1) is 11.7 Å². The van der Waals surface area contributed by atoms with Crippen LogP contribution in [0.5, 0.6) is 5.75 Å². The van der Waals surface area contributed by atoms with Gasteiger partial charge < -0.3 is 10.5 Å². The van der Waals surface area contributed by atoms with Gasteiger partial charge in [-0.1, -0.05) is 6.92 Å². The van der Waals surface area contributed by atoms with E-state index < -0.39 is 0 Å². The lowest BCUT2D eigenvalue weighted by molar-refractivity contribution is 0.135. The van der Waals surface area contributed by atoms with Gasteiger partial charge in [0, 0.05) is 17.8 Å². The molecule has 0 aliphatic heterocycles. The maximum absolute atomic E-state index is 13.1. The molecule has 1 aliphatic carbocycles. The number of hydrogen-bond donors (Lipinski definition) is 1. The Kier molecular flexibility index (Phi) is 3.32. The van der Waals surface area contributed by atoms with Crippen LogP contribution in [-0.2, 0) is 0 Å². The highest BCUT2D eigenvalue weighted by atomic mass is 19.1. The summed E-state index contributed by atoms with van der Waals surface area (Å²) in [7, 11) is 0. The van der Waals surface area contributed by atoms with E-state index in [0.29, 0.717) is 11.4 Å². The third-order valence-electron chi connectivity index (χ3n) is 3.16. The van der Waals surface area contributed by atoms with Gasteiger partial charge in [0.05, 0.1) is 6.10 Å². The van der Waals surface area contributed by atoms with Gasteiger partial charge in [0.15, 0.2) is 0 Å². The van der Waals surface area contributed by atoms with Crippen molar-refractivity contribution in [1.82, 2.24) is 0 Å². The predicted molar refractivity (Wildman–Crippen MR) is 62.9 cm³/mol. The highest BCUT2D eigenvalue weighted by Crippen LogP contribution is 2.28. The summed E-state index contributed by atoms with van der Waals surface area (Å²) in [5, 5.41) is 0. The summed E-state index contributed by atoms with van der Waals surface area (Å²) in [5.74, 6) is 1.01. The summed E-state index contributed by atoms with van der Waals surface area (Å²) in [5.41, 5.74) is 5.98. The third-order valence-corrected chi connectivity index (χ3v) is 3.16. The normalized spacial score (nSPS) is 25.4. The van der Waals surface area contributed by atoms with Crippen LogP contribution in [0.25, 0.3) is 0 Å². The van der Waals surface area contributed by atoms with Gasteiger partial charge in [-0.3, -0.25) is 0 Å². The molecule has 2 rings (SSSR count). The quantitative estimate of drug-likeness (QED) is 0.780. The Morgan fingerprint density at radius 3 is 2.50 bits per heavy atom. The van der Waals surface area contributed by atoms with Crippen molar-refractivity contribution in [1.29, 1.82) is 0 Å². The Morgan fingerprint density at radius 1 is 1.19 bits per heavy atom. The van der Waals surface area contributed by atoms with E-state index in [-0.39, 0.29) is 11.9 Å². The van der Waals surface area contributed by atoms with Crippen LogP contribution in [-0.4, -0.2) is 6.10 Å². The third kappa shape index (κ3) is 2.87. The Hall–Kier alpha value is -1.25. The molecule has 0 bridgehead atoms. The molecule has 1 fully saturated rings. The maximum atomic E-state index is 13.1. The van der Waals surface area contributed by atoms with E-state index >= 15 is 0 Å². The lowest BCUT2D eigenvalue weighted by atomic mass is 9.89. The molecule has 1 aromatic rings. The Morgan fingerprint density at radius 2 is 1.88 bits per heavy atom. The van der Waals surface area contributed by atoms with Gasteiger partial charge in [-0.25, -0.2) is 4.39 Å². The smallest absolute Gasteiger partial charge is 0.128 e. The van der Waals surface area contributed by atoms with Crippen LogP contribution in [0.2, 0.25) is 0 Å². The van der Waals surface area contributed by atoms with Crippen molar-refractivity contribution in [2.45, 2.75) is 38.7 Å². The summed E-state index contributed by atoms with van der Waals surface area (Å²) in [6, 6.07) is 4.38. The first kappa shape index (κ1) is 11.2. The molecule has 88 valence electrons. The fraction of sp³-hybridized carbons (Fsp3) is 0.538. The molecular weight excluding hydrogens is 205 g/mol. The first-order valence-corrected chi connectivity index (χ1v) is 5.86. The van der Waals surface area contributed by atoms with E-state index in [1.165, 1.54) is 25.0 Å². The second-order valence-corrected chi connectivity index (χ2v) is 4.72. The van der Waals surface area contributed by atoms with Crippen molar-refractivity contribution in [3.8, 4) is 5.75 Å². The standard InChI is InChI=1S/C13H18FNO/c1-9-2-4-12(5-3-9)16-13-7-10(14)6-11(15)8-13/h6-9,12H,2-5,15H2,1H3. The molecule has 2 nitrogen and oxygen atoms in total. The molecule has 1 aromatic carbocycles. The first-order valence-electron chi connectivity index (χ1n) is 5.86. The van der Waals surface area contributed by atoms with Gasteiger partial charge >= 0.3 is 0 Å². The Bertz CT molecular complexity index is 339. The molecule has 1 aliphatic rings. The SMILES string of the molecule is CC1CCC(Oc2cc(N)cc(F)c2)CC1. The van der Waals surface area contributed by atoms with E-state index in [1.54, 1.807) is 6.07 Å². The van der Waals surface area contributed by atoms with Gasteiger partial charge in [0.25, 0.3) is 0 Å². The zero-order valence-corrected chi connectivity index (χ0v) is 9.58. The fourth-order valence-electron chi connectivity index (χ4n) is 2.19. The molecule has 0 heterocycles. The molecule has 0 amide bonds. The van der Waals surface area contributed by atoms with Crippen LogP contribution in [0.3, 0.4) is 0 Å². The Balaban J connectivity index is 1.98. The van der Waals surface area contributed by atoms with E-state index in [0.717, 1.165) is 18.8 Å². The molecular formula is C13H18FNO. The van der Waals surface area contributed by atoms with Crippen LogP contribution >= 0.6 is 0 Å². The molecule has 3 heteroatoms. The van der Waals surface area contributed by atoms with Crippen molar-refractivity contribution in [2.75, 3.05) is 5.73 Å². The monoisotopic (exact) mass is 223 g/mol. The lowest BCUT2D eigenvalue weighted by Crippen LogP contribution is -2.23. The molecule has 0 spiro atoms. The second kappa shape index (κ2) is 4.73. The molecule has 0 atom stereocenters. The van der Waals surface area contributed by atoms with Crippen molar-refractivity contribution in [3.63, 3.8) is 0 Å². The van der Waals surface area contributed by atoms with Gasteiger partial charge in [-0.05, 0) is 37.7 Å². The highest BCUT2D eigenvalue weighted by Gasteiger charge is 2.19. The van der Waals surface area contributed by atoms with E-state index in [2.05, 4.69) is 6.92 Å².